The molecule has 0 aliphatic carbocycles. The molecule has 2 heterocycles. The Kier molecular flexibility index (Phi) is 3.45. The molecule has 0 radical (unpaired) electrons. The Labute approximate surface area is 135 Å². The van der Waals surface area contributed by atoms with Crippen LogP contribution in [0.1, 0.15) is 37.8 Å². The van der Waals surface area contributed by atoms with E-state index in [-0.39, 0.29) is 10.5 Å². The fraction of sp³-hybridized carbons (Fsp3) is 0.375. The van der Waals surface area contributed by atoms with Gasteiger partial charge in [0.1, 0.15) is 0 Å². The number of fused-ring (bicyclic) bond motifs is 1. The third-order valence-corrected chi connectivity index (χ3v) is 5.39. The molecule has 1 aliphatic heterocycles. The van der Waals surface area contributed by atoms with Gasteiger partial charge in [0.05, 0.1) is 23.5 Å². The summed E-state index contributed by atoms with van der Waals surface area (Å²) in [4.78, 5) is 4.09. The van der Waals surface area contributed by atoms with Crippen molar-refractivity contribution >= 4 is 15.7 Å². The molecule has 0 saturated heterocycles. The molecule has 3 rings (SSSR count). The summed E-state index contributed by atoms with van der Waals surface area (Å²) >= 11 is 0. The second-order valence-corrected chi connectivity index (χ2v) is 8.31. The Morgan fingerprint density at radius 1 is 1.35 bits per heavy atom. The van der Waals surface area contributed by atoms with Gasteiger partial charge in [0.15, 0.2) is 0 Å². The highest BCUT2D eigenvalue weighted by molar-refractivity contribution is 7.92. The average molecular weight is 331 g/mol. The maximum Gasteiger partial charge on any atom is 0.299 e. The van der Waals surface area contributed by atoms with E-state index in [9.17, 15) is 8.42 Å². The number of oxazole rings is 1. The largest absolute Gasteiger partial charge is 0.427 e. The molecule has 1 aromatic heterocycles. The van der Waals surface area contributed by atoms with Crippen LogP contribution in [0.5, 0.6) is 0 Å². The summed E-state index contributed by atoms with van der Waals surface area (Å²) in [6.45, 7) is 6.04. The van der Waals surface area contributed by atoms with Gasteiger partial charge in [-0.2, -0.15) is 13.7 Å². The van der Waals surface area contributed by atoms with Gasteiger partial charge in [-0.3, -0.25) is 4.31 Å². The number of nitrogens with zero attached hydrogens (tertiary/aromatic N) is 3. The van der Waals surface area contributed by atoms with Crippen LogP contribution in [0.2, 0.25) is 0 Å². The summed E-state index contributed by atoms with van der Waals surface area (Å²) in [5, 5.41) is 8.85. The lowest BCUT2D eigenvalue weighted by molar-refractivity contribution is 0.343. The van der Waals surface area contributed by atoms with Gasteiger partial charge in [-0.1, -0.05) is 26.8 Å². The second-order valence-electron chi connectivity index (χ2n) is 6.52. The van der Waals surface area contributed by atoms with Crippen LogP contribution in [0, 0.1) is 11.3 Å². The summed E-state index contributed by atoms with van der Waals surface area (Å²) in [6.07, 6.45) is 1.86. The van der Waals surface area contributed by atoms with Crippen LogP contribution in [0.4, 0.5) is 5.69 Å². The SMILES string of the molecule is CC(C)(C)c1ncc(S(=O)(=O)N2CCc3ccc(C#N)cc32)o1. The molecule has 6 nitrogen and oxygen atoms in total. The van der Waals surface area contributed by atoms with Crippen molar-refractivity contribution in [3.8, 4) is 6.07 Å². The molecule has 0 spiro atoms. The molecular weight excluding hydrogens is 314 g/mol. The molecule has 0 unspecified atom stereocenters. The lowest BCUT2D eigenvalue weighted by Gasteiger charge is -2.18. The number of aromatic nitrogens is 1. The van der Waals surface area contributed by atoms with Crippen LogP contribution in [0.15, 0.2) is 33.9 Å². The van der Waals surface area contributed by atoms with E-state index in [0.29, 0.717) is 30.1 Å². The quantitative estimate of drug-likeness (QED) is 0.844. The number of nitriles is 1. The van der Waals surface area contributed by atoms with Crippen LogP contribution in [-0.2, 0) is 21.9 Å². The minimum Gasteiger partial charge on any atom is -0.427 e. The highest BCUT2D eigenvalue weighted by Crippen LogP contribution is 2.34. The van der Waals surface area contributed by atoms with Crippen molar-refractivity contribution in [2.75, 3.05) is 10.8 Å². The molecule has 2 aromatic rings. The van der Waals surface area contributed by atoms with Gasteiger partial charge in [0, 0.05) is 12.0 Å². The van der Waals surface area contributed by atoms with Crippen molar-refractivity contribution in [1.82, 2.24) is 4.98 Å². The van der Waals surface area contributed by atoms with E-state index < -0.39 is 10.0 Å². The monoisotopic (exact) mass is 331 g/mol. The highest BCUT2D eigenvalue weighted by Gasteiger charge is 2.35. The van der Waals surface area contributed by atoms with Crippen molar-refractivity contribution in [3.63, 3.8) is 0 Å². The average Bonchev–Trinajstić information content (AvgIpc) is 3.13. The van der Waals surface area contributed by atoms with Crippen LogP contribution in [0.3, 0.4) is 0 Å². The van der Waals surface area contributed by atoms with E-state index in [1.165, 1.54) is 10.5 Å². The molecular formula is C16H17N3O3S. The van der Waals surface area contributed by atoms with Gasteiger partial charge >= 0.3 is 0 Å². The summed E-state index contributed by atoms with van der Waals surface area (Å²) in [7, 11) is -3.82. The van der Waals surface area contributed by atoms with E-state index in [1.807, 2.05) is 26.8 Å². The maximum absolute atomic E-state index is 12.8. The van der Waals surface area contributed by atoms with Gasteiger partial charge in [0.2, 0.25) is 5.89 Å². The Balaban J connectivity index is 2.03. The van der Waals surface area contributed by atoms with Crippen LogP contribution in [-0.4, -0.2) is 19.9 Å². The minimum atomic E-state index is -3.82. The maximum atomic E-state index is 12.8. The van der Waals surface area contributed by atoms with Crippen LogP contribution >= 0.6 is 0 Å². The minimum absolute atomic E-state index is 0.169. The molecule has 0 atom stereocenters. The molecule has 0 saturated carbocycles. The van der Waals surface area contributed by atoms with Crippen molar-refractivity contribution in [2.45, 2.75) is 37.7 Å². The van der Waals surface area contributed by atoms with Crippen LogP contribution < -0.4 is 4.31 Å². The number of rotatable bonds is 2. The predicted molar refractivity (Wildman–Crippen MR) is 84.6 cm³/mol. The van der Waals surface area contributed by atoms with Gasteiger partial charge < -0.3 is 4.42 Å². The number of benzene rings is 1. The third-order valence-electron chi connectivity index (χ3n) is 3.74. The lowest BCUT2D eigenvalue weighted by atomic mass is 9.97. The predicted octanol–water partition coefficient (Wildman–Crippen LogP) is 2.60. The number of hydrogen-bond acceptors (Lipinski definition) is 5. The van der Waals surface area contributed by atoms with Gasteiger partial charge in [-0.25, -0.2) is 4.98 Å². The standard InChI is InChI=1S/C16H17N3O3S/c1-16(2,3)15-18-10-14(22-15)23(20,21)19-7-6-12-5-4-11(9-17)8-13(12)19/h4-5,8,10H,6-7H2,1-3H3. The zero-order valence-electron chi connectivity index (χ0n) is 13.2. The molecule has 1 aliphatic rings. The fourth-order valence-corrected chi connectivity index (χ4v) is 3.85. The first kappa shape index (κ1) is 15.6. The highest BCUT2D eigenvalue weighted by atomic mass is 32.2. The third kappa shape index (κ3) is 2.59. The number of hydrogen-bond donors (Lipinski definition) is 0. The summed E-state index contributed by atoms with van der Waals surface area (Å²) in [5.74, 6) is 0.376. The first-order chi connectivity index (χ1) is 10.7. The Hall–Kier alpha value is -2.33. The van der Waals surface area contributed by atoms with E-state index in [1.54, 1.807) is 18.2 Å². The summed E-state index contributed by atoms with van der Waals surface area (Å²) < 4.78 is 32.5. The van der Waals surface area contributed by atoms with Gasteiger partial charge in [-0.05, 0) is 24.1 Å². The number of sulfonamides is 1. The molecule has 120 valence electrons. The van der Waals surface area contributed by atoms with E-state index in [2.05, 4.69) is 4.98 Å². The first-order valence-corrected chi connectivity index (χ1v) is 8.69. The Morgan fingerprint density at radius 3 is 2.70 bits per heavy atom. The molecule has 0 bridgehead atoms. The molecule has 0 N–H and O–H groups in total. The normalized spacial score (nSPS) is 14.6. The Morgan fingerprint density at radius 2 is 2.09 bits per heavy atom. The topological polar surface area (TPSA) is 87.2 Å². The zero-order chi connectivity index (χ0) is 16.8. The number of anilines is 1. The van der Waals surface area contributed by atoms with Crippen molar-refractivity contribution in [3.05, 3.63) is 41.4 Å². The van der Waals surface area contributed by atoms with E-state index >= 15 is 0 Å². The van der Waals surface area contributed by atoms with Crippen molar-refractivity contribution in [2.24, 2.45) is 0 Å². The molecule has 23 heavy (non-hydrogen) atoms. The fourth-order valence-electron chi connectivity index (χ4n) is 2.50. The molecule has 1 aromatic carbocycles. The first-order valence-electron chi connectivity index (χ1n) is 7.25. The summed E-state index contributed by atoms with van der Waals surface area (Å²) in [5.41, 5.74) is 1.50. The van der Waals surface area contributed by atoms with E-state index in [4.69, 9.17) is 9.68 Å². The zero-order valence-corrected chi connectivity index (χ0v) is 14.0. The van der Waals surface area contributed by atoms with Crippen LogP contribution in [0.25, 0.3) is 0 Å². The lowest BCUT2D eigenvalue weighted by Crippen LogP contribution is -2.28. The summed E-state index contributed by atoms with van der Waals surface area (Å²) in [6, 6.07) is 7.12. The Bertz CT molecular complexity index is 901. The molecule has 0 amide bonds. The molecule has 7 heteroatoms. The molecule has 0 fully saturated rings. The van der Waals surface area contributed by atoms with Crippen molar-refractivity contribution < 1.29 is 12.8 Å². The smallest absolute Gasteiger partial charge is 0.299 e. The van der Waals surface area contributed by atoms with Gasteiger partial charge in [0.25, 0.3) is 15.1 Å². The van der Waals surface area contributed by atoms with E-state index in [0.717, 1.165) is 5.56 Å². The van der Waals surface area contributed by atoms with Crippen molar-refractivity contribution in [1.29, 1.82) is 5.26 Å². The second kappa shape index (κ2) is 5.10. The van der Waals surface area contributed by atoms with Gasteiger partial charge in [-0.15, -0.1) is 0 Å².